The molecule has 1 aromatic heterocycles. The average Bonchev–Trinajstić information content (AvgIpc) is 3.24. The lowest BCUT2D eigenvalue weighted by Crippen LogP contribution is -2.51. The van der Waals surface area contributed by atoms with E-state index in [-0.39, 0.29) is 24.9 Å². The molecule has 0 aliphatic carbocycles. The maximum atomic E-state index is 13.5. The first-order valence-electron chi connectivity index (χ1n) is 9.47. The number of fused-ring (bicyclic) bond motifs is 1. The van der Waals surface area contributed by atoms with Crippen LogP contribution < -0.4 is 14.5 Å². The Hall–Kier alpha value is -3.54. The van der Waals surface area contributed by atoms with Crippen molar-refractivity contribution in [3.63, 3.8) is 0 Å². The van der Waals surface area contributed by atoms with Crippen LogP contribution in [0, 0.1) is 6.92 Å². The van der Waals surface area contributed by atoms with Gasteiger partial charge in [0.2, 0.25) is 5.91 Å². The first-order valence-corrected chi connectivity index (χ1v) is 9.47. The van der Waals surface area contributed by atoms with Gasteiger partial charge in [-0.1, -0.05) is 29.8 Å². The fourth-order valence-electron chi connectivity index (χ4n) is 3.41. The van der Waals surface area contributed by atoms with Crippen molar-refractivity contribution in [3.8, 4) is 5.75 Å². The van der Waals surface area contributed by atoms with Crippen molar-refractivity contribution in [1.29, 1.82) is 0 Å². The highest BCUT2D eigenvalue weighted by Gasteiger charge is 2.35. The number of carbonyl (C=O) groups is 2. The lowest BCUT2D eigenvalue weighted by Gasteiger charge is -2.36. The van der Waals surface area contributed by atoms with E-state index in [1.54, 1.807) is 28.2 Å². The Kier molecular flexibility index (Phi) is 5.08. The van der Waals surface area contributed by atoms with Gasteiger partial charge in [-0.25, -0.2) is 0 Å². The molecule has 4 rings (SSSR count). The van der Waals surface area contributed by atoms with E-state index in [9.17, 15) is 9.59 Å². The van der Waals surface area contributed by atoms with Crippen LogP contribution in [-0.4, -0.2) is 24.5 Å². The number of furan rings is 1. The molecule has 2 aromatic carbocycles. The lowest BCUT2D eigenvalue weighted by molar-refractivity contribution is -0.126. The first kappa shape index (κ1) is 18.8. The molecule has 29 heavy (non-hydrogen) atoms. The van der Waals surface area contributed by atoms with Crippen LogP contribution in [0.25, 0.3) is 0 Å². The molecule has 2 amide bonds. The highest BCUT2D eigenvalue weighted by molar-refractivity contribution is 6.00. The molecule has 6 nitrogen and oxygen atoms in total. The number of amides is 2. The van der Waals surface area contributed by atoms with Gasteiger partial charge < -0.3 is 19.0 Å². The van der Waals surface area contributed by atoms with Crippen molar-refractivity contribution in [3.05, 3.63) is 78.3 Å². The quantitative estimate of drug-likeness (QED) is 0.677. The fraction of sp³-hybridized carbons (Fsp3) is 0.217. The smallest absolute Gasteiger partial charge is 0.270 e. The van der Waals surface area contributed by atoms with Crippen LogP contribution in [0.2, 0.25) is 0 Å². The number of carbonyl (C=O) groups excluding carboxylic acids is 2. The fourth-order valence-corrected chi connectivity index (χ4v) is 3.41. The Morgan fingerprint density at radius 3 is 2.52 bits per heavy atom. The maximum Gasteiger partial charge on any atom is 0.270 e. The second-order valence-corrected chi connectivity index (χ2v) is 7.04. The largest absolute Gasteiger partial charge is 0.476 e. The normalized spacial score (nSPS) is 15.4. The van der Waals surface area contributed by atoms with E-state index >= 15 is 0 Å². The third-order valence-electron chi connectivity index (χ3n) is 4.93. The zero-order valence-electron chi connectivity index (χ0n) is 16.4. The molecule has 0 saturated carbocycles. The van der Waals surface area contributed by atoms with Crippen molar-refractivity contribution in [2.24, 2.45) is 0 Å². The standard InChI is InChI=1S/C23H22N2O4/c1-16-9-11-18(12-10-16)25(14-19-6-5-13-28-19)23(27)22-15-24(17(2)26)20-7-3-4-8-21(20)29-22/h3-13,22H,14-15H2,1-2H3/t22-/m0/s1. The highest BCUT2D eigenvalue weighted by Crippen LogP contribution is 2.34. The van der Waals surface area contributed by atoms with E-state index in [0.29, 0.717) is 17.2 Å². The maximum absolute atomic E-state index is 13.5. The van der Waals surface area contributed by atoms with Gasteiger partial charge in [0.05, 0.1) is 25.0 Å². The van der Waals surface area contributed by atoms with E-state index in [2.05, 4.69) is 0 Å². The number of nitrogens with zero attached hydrogens (tertiary/aromatic N) is 2. The summed E-state index contributed by atoms with van der Waals surface area (Å²) in [6, 6.07) is 18.6. The molecule has 6 heteroatoms. The molecule has 0 saturated heterocycles. The summed E-state index contributed by atoms with van der Waals surface area (Å²) in [7, 11) is 0. The van der Waals surface area contributed by atoms with E-state index < -0.39 is 6.10 Å². The highest BCUT2D eigenvalue weighted by atomic mass is 16.5. The molecule has 0 fully saturated rings. The molecule has 0 unspecified atom stereocenters. The van der Waals surface area contributed by atoms with Crippen LogP contribution >= 0.6 is 0 Å². The van der Waals surface area contributed by atoms with Gasteiger partial charge in [0, 0.05) is 12.6 Å². The molecule has 3 aromatic rings. The van der Waals surface area contributed by atoms with Gasteiger partial charge in [0.15, 0.2) is 6.10 Å². The zero-order valence-corrected chi connectivity index (χ0v) is 16.4. The van der Waals surface area contributed by atoms with Crippen LogP contribution in [0.5, 0.6) is 5.75 Å². The summed E-state index contributed by atoms with van der Waals surface area (Å²) in [6.45, 7) is 3.92. The number of rotatable bonds is 4. The minimum absolute atomic E-state index is 0.133. The summed E-state index contributed by atoms with van der Waals surface area (Å²) in [6.07, 6.45) is 0.767. The number of hydrogen-bond donors (Lipinski definition) is 0. The van der Waals surface area contributed by atoms with Gasteiger partial charge in [0.25, 0.3) is 5.91 Å². The third-order valence-corrected chi connectivity index (χ3v) is 4.93. The minimum atomic E-state index is -0.815. The summed E-state index contributed by atoms with van der Waals surface area (Å²) in [5.41, 5.74) is 2.52. The Balaban J connectivity index is 1.67. The zero-order chi connectivity index (χ0) is 20.4. The van der Waals surface area contributed by atoms with Gasteiger partial charge in [-0.15, -0.1) is 0 Å². The predicted molar refractivity (Wildman–Crippen MR) is 110 cm³/mol. The molecule has 0 bridgehead atoms. The van der Waals surface area contributed by atoms with E-state index in [1.165, 1.54) is 6.92 Å². The Morgan fingerprint density at radius 2 is 1.83 bits per heavy atom. The number of hydrogen-bond acceptors (Lipinski definition) is 4. The van der Waals surface area contributed by atoms with Gasteiger partial charge in [-0.3, -0.25) is 9.59 Å². The summed E-state index contributed by atoms with van der Waals surface area (Å²) >= 11 is 0. The SMILES string of the molecule is CC(=O)N1C[C@@H](C(=O)N(Cc2ccco2)c2ccc(C)cc2)Oc2ccccc21. The summed E-state index contributed by atoms with van der Waals surface area (Å²) in [4.78, 5) is 28.9. The van der Waals surface area contributed by atoms with Gasteiger partial charge >= 0.3 is 0 Å². The second kappa shape index (κ2) is 7.83. The monoisotopic (exact) mass is 390 g/mol. The first-order chi connectivity index (χ1) is 14.0. The average molecular weight is 390 g/mol. The van der Waals surface area contributed by atoms with Gasteiger partial charge in [0.1, 0.15) is 11.5 Å². The van der Waals surface area contributed by atoms with E-state index in [4.69, 9.17) is 9.15 Å². The molecule has 1 aliphatic rings. The molecule has 0 N–H and O–H groups in total. The van der Waals surface area contributed by atoms with Crippen LogP contribution in [0.3, 0.4) is 0 Å². The second-order valence-electron chi connectivity index (χ2n) is 7.04. The molecule has 0 radical (unpaired) electrons. The van der Waals surface area contributed by atoms with Crippen LogP contribution in [0.15, 0.2) is 71.3 Å². The third kappa shape index (κ3) is 3.87. The predicted octanol–water partition coefficient (Wildman–Crippen LogP) is 3.94. The molecular weight excluding hydrogens is 368 g/mol. The van der Waals surface area contributed by atoms with Crippen LogP contribution in [-0.2, 0) is 16.1 Å². The van der Waals surface area contributed by atoms with Crippen molar-refractivity contribution in [1.82, 2.24) is 0 Å². The Morgan fingerprint density at radius 1 is 1.07 bits per heavy atom. The van der Waals surface area contributed by atoms with Crippen molar-refractivity contribution < 1.29 is 18.7 Å². The molecule has 2 heterocycles. The number of aryl methyl sites for hydroxylation is 1. The van der Waals surface area contributed by atoms with Crippen LogP contribution in [0.1, 0.15) is 18.2 Å². The van der Waals surface area contributed by atoms with Gasteiger partial charge in [-0.05, 0) is 43.3 Å². The molecule has 0 spiro atoms. The topological polar surface area (TPSA) is 63.0 Å². The van der Waals surface area contributed by atoms with Gasteiger partial charge in [-0.2, -0.15) is 0 Å². The van der Waals surface area contributed by atoms with Crippen molar-refractivity contribution >= 4 is 23.2 Å². The van der Waals surface area contributed by atoms with E-state index in [0.717, 1.165) is 11.3 Å². The van der Waals surface area contributed by atoms with E-state index in [1.807, 2.05) is 55.5 Å². The number of benzene rings is 2. The molecule has 148 valence electrons. The molecule has 1 aliphatic heterocycles. The minimum Gasteiger partial charge on any atom is -0.476 e. The molecule has 1 atom stereocenters. The lowest BCUT2D eigenvalue weighted by atomic mass is 10.1. The van der Waals surface area contributed by atoms with Crippen molar-refractivity contribution in [2.45, 2.75) is 26.5 Å². The van der Waals surface area contributed by atoms with Crippen LogP contribution in [0.4, 0.5) is 11.4 Å². The summed E-state index contributed by atoms with van der Waals surface area (Å²) in [5, 5.41) is 0. The summed E-state index contributed by atoms with van der Waals surface area (Å²) in [5.74, 6) is 0.824. The Bertz CT molecular complexity index is 1010. The summed E-state index contributed by atoms with van der Waals surface area (Å²) < 4.78 is 11.5. The Labute approximate surface area is 169 Å². The number of ether oxygens (including phenoxy) is 1. The van der Waals surface area contributed by atoms with Crippen molar-refractivity contribution in [2.75, 3.05) is 16.3 Å². The number of para-hydroxylation sites is 2. The molecular formula is C23H22N2O4. The number of anilines is 2.